The molecule has 1 aromatic carbocycles. The Morgan fingerprint density at radius 1 is 1.33 bits per heavy atom. The summed E-state index contributed by atoms with van der Waals surface area (Å²) < 4.78 is 11.0. The van der Waals surface area contributed by atoms with Crippen molar-refractivity contribution in [2.75, 3.05) is 46.1 Å². The van der Waals surface area contributed by atoms with Crippen LogP contribution in [0.3, 0.4) is 0 Å². The SMILES string of the molecule is CCNC(=NCC(O)c1ccc(C)cc1)NCCCOCC1CCOC1.I. The van der Waals surface area contributed by atoms with Gasteiger partial charge in [-0.15, -0.1) is 24.0 Å². The van der Waals surface area contributed by atoms with Crippen LogP contribution in [-0.2, 0) is 9.47 Å². The second kappa shape index (κ2) is 14.1. The Balaban J connectivity index is 0.00000364. The first kappa shape index (κ1) is 24.1. The molecule has 1 fully saturated rings. The van der Waals surface area contributed by atoms with Crippen LogP contribution in [-0.4, -0.2) is 57.1 Å². The molecule has 1 saturated heterocycles. The van der Waals surface area contributed by atoms with Gasteiger partial charge in [-0.2, -0.15) is 0 Å². The summed E-state index contributed by atoms with van der Waals surface area (Å²) in [6.45, 7) is 9.18. The lowest BCUT2D eigenvalue weighted by atomic mass is 10.1. The first-order valence-electron chi connectivity index (χ1n) is 9.61. The number of hydrogen-bond acceptors (Lipinski definition) is 4. The van der Waals surface area contributed by atoms with Gasteiger partial charge in [-0.05, 0) is 32.3 Å². The van der Waals surface area contributed by atoms with E-state index in [1.54, 1.807) is 0 Å². The van der Waals surface area contributed by atoms with Crippen molar-refractivity contribution >= 4 is 29.9 Å². The Kier molecular flexibility index (Phi) is 12.6. The highest BCUT2D eigenvalue weighted by Crippen LogP contribution is 2.14. The number of ether oxygens (including phenoxy) is 2. The standard InChI is InChI=1S/C20H33N3O3.HI/c1-3-21-20(22-10-4-11-25-14-17-9-12-26-15-17)23-13-19(24)18-7-5-16(2)6-8-18;/h5-8,17,19,24H,3-4,9-15H2,1-2H3,(H2,21,22,23);1H. The fourth-order valence-corrected chi connectivity index (χ4v) is 2.76. The van der Waals surface area contributed by atoms with Crippen LogP contribution in [0.1, 0.15) is 37.0 Å². The van der Waals surface area contributed by atoms with E-state index in [1.807, 2.05) is 38.1 Å². The lowest BCUT2D eigenvalue weighted by Gasteiger charge is -2.14. The third-order valence-corrected chi connectivity index (χ3v) is 4.36. The molecule has 0 aromatic heterocycles. The minimum atomic E-state index is -0.594. The van der Waals surface area contributed by atoms with Gasteiger partial charge < -0.3 is 25.2 Å². The lowest BCUT2D eigenvalue weighted by Crippen LogP contribution is -2.38. The van der Waals surface area contributed by atoms with Crippen molar-refractivity contribution in [1.29, 1.82) is 0 Å². The minimum Gasteiger partial charge on any atom is -0.386 e. The number of aryl methyl sites for hydroxylation is 1. The minimum absolute atomic E-state index is 0. The quantitative estimate of drug-likeness (QED) is 0.203. The number of hydrogen-bond donors (Lipinski definition) is 3. The van der Waals surface area contributed by atoms with E-state index in [-0.39, 0.29) is 24.0 Å². The van der Waals surface area contributed by atoms with Gasteiger partial charge in [-0.3, -0.25) is 4.99 Å². The van der Waals surface area contributed by atoms with Crippen molar-refractivity contribution in [2.45, 2.75) is 32.8 Å². The number of guanidine groups is 1. The molecule has 27 heavy (non-hydrogen) atoms. The van der Waals surface area contributed by atoms with Crippen LogP contribution in [0.2, 0.25) is 0 Å². The van der Waals surface area contributed by atoms with Gasteiger partial charge in [0.1, 0.15) is 0 Å². The van der Waals surface area contributed by atoms with E-state index in [9.17, 15) is 5.11 Å². The van der Waals surface area contributed by atoms with Crippen LogP contribution in [0.25, 0.3) is 0 Å². The first-order chi connectivity index (χ1) is 12.7. The molecular formula is C20H34IN3O3. The summed E-state index contributed by atoms with van der Waals surface area (Å²) in [7, 11) is 0. The molecule has 0 bridgehead atoms. The predicted molar refractivity (Wildman–Crippen MR) is 120 cm³/mol. The summed E-state index contributed by atoms with van der Waals surface area (Å²) in [5, 5.41) is 16.8. The maximum Gasteiger partial charge on any atom is 0.191 e. The van der Waals surface area contributed by atoms with Crippen molar-refractivity contribution in [3.05, 3.63) is 35.4 Å². The number of nitrogens with zero attached hydrogens (tertiary/aromatic N) is 1. The smallest absolute Gasteiger partial charge is 0.191 e. The number of halogens is 1. The van der Waals surface area contributed by atoms with Crippen LogP contribution in [0.15, 0.2) is 29.3 Å². The van der Waals surface area contributed by atoms with Gasteiger partial charge in [-0.25, -0.2) is 0 Å². The maximum absolute atomic E-state index is 10.3. The highest BCUT2D eigenvalue weighted by molar-refractivity contribution is 14.0. The summed E-state index contributed by atoms with van der Waals surface area (Å²) in [5.74, 6) is 1.29. The Morgan fingerprint density at radius 3 is 2.78 bits per heavy atom. The van der Waals surface area contributed by atoms with E-state index < -0.39 is 6.10 Å². The average Bonchev–Trinajstić information content (AvgIpc) is 3.16. The molecule has 2 rings (SSSR count). The molecule has 2 atom stereocenters. The number of aliphatic imine (C=N–C) groups is 1. The number of aliphatic hydroxyl groups is 1. The molecule has 7 heteroatoms. The average molecular weight is 491 g/mol. The molecular weight excluding hydrogens is 457 g/mol. The van der Waals surface area contributed by atoms with Gasteiger partial charge in [0.05, 0.1) is 25.9 Å². The molecule has 0 saturated carbocycles. The van der Waals surface area contributed by atoms with Gasteiger partial charge in [0, 0.05) is 32.2 Å². The van der Waals surface area contributed by atoms with Crippen molar-refractivity contribution < 1.29 is 14.6 Å². The normalized spacial score (nSPS) is 18.0. The lowest BCUT2D eigenvalue weighted by molar-refractivity contribution is 0.0888. The third kappa shape index (κ3) is 9.73. The monoisotopic (exact) mass is 491 g/mol. The second-order valence-electron chi connectivity index (χ2n) is 6.73. The Hall–Kier alpha value is -0.900. The van der Waals surface area contributed by atoms with Crippen LogP contribution in [0.4, 0.5) is 0 Å². The topological polar surface area (TPSA) is 75.1 Å². The van der Waals surface area contributed by atoms with Crippen LogP contribution in [0.5, 0.6) is 0 Å². The van der Waals surface area contributed by atoms with E-state index in [1.165, 1.54) is 5.56 Å². The predicted octanol–water partition coefficient (Wildman–Crippen LogP) is 2.64. The van der Waals surface area contributed by atoms with Gasteiger partial charge in [-0.1, -0.05) is 29.8 Å². The third-order valence-electron chi connectivity index (χ3n) is 4.36. The molecule has 6 nitrogen and oxygen atoms in total. The van der Waals surface area contributed by atoms with Crippen molar-refractivity contribution in [3.8, 4) is 0 Å². The van der Waals surface area contributed by atoms with Crippen LogP contribution in [0, 0.1) is 12.8 Å². The molecule has 3 N–H and O–H groups in total. The van der Waals surface area contributed by atoms with Gasteiger partial charge >= 0.3 is 0 Å². The number of nitrogens with one attached hydrogen (secondary N) is 2. The molecule has 1 aliphatic heterocycles. The molecule has 1 heterocycles. The molecule has 0 aliphatic carbocycles. The van der Waals surface area contributed by atoms with E-state index in [4.69, 9.17) is 9.47 Å². The molecule has 0 amide bonds. The Bertz CT molecular complexity index is 534. The Morgan fingerprint density at radius 2 is 2.11 bits per heavy atom. The first-order valence-corrected chi connectivity index (χ1v) is 9.61. The van der Waals surface area contributed by atoms with E-state index in [2.05, 4.69) is 15.6 Å². The molecule has 0 spiro atoms. The highest BCUT2D eigenvalue weighted by atomic mass is 127. The van der Waals surface area contributed by atoms with Crippen molar-refractivity contribution in [3.63, 3.8) is 0 Å². The summed E-state index contributed by atoms with van der Waals surface area (Å²) in [5.41, 5.74) is 2.07. The molecule has 2 unspecified atom stereocenters. The fraction of sp³-hybridized carbons (Fsp3) is 0.650. The van der Waals surface area contributed by atoms with Gasteiger partial charge in [0.2, 0.25) is 0 Å². The zero-order valence-electron chi connectivity index (χ0n) is 16.4. The van der Waals surface area contributed by atoms with E-state index in [0.29, 0.717) is 12.5 Å². The molecule has 1 aliphatic rings. The van der Waals surface area contributed by atoms with E-state index in [0.717, 1.165) is 63.9 Å². The van der Waals surface area contributed by atoms with Crippen molar-refractivity contribution in [1.82, 2.24) is 10.6 Å². The van der Waals surface area contributed by atoms with Crippen LogP contribution >= 0.6 is 24.0 Å². The summed E-state index contributed by atoms with van der Waals surface area (Å²) in [6, 6.07) is 7.90. The van der Waals surface area contributed by atoms with Gasteiger partial charge in [0.15, 0.2) is 5.96 Å². The second-order valence-corrected chi connectivity index (χ2v) is 6.73. The number of aliphatic hydroxyl groups excluding tert-OH is 1. The summed E-state index contributed by atoms with van der Waals surface area (Å²) in [4.78, 5) is 4.48. The summed E-state index contributed by atoms with van der Waals surface area (Å²) >= 11 is 0. The highest BCUT2D eigenvalue weighted by Gasteiger charge is 2.15. The zero-order chi connectivity index (χ0) is 18.6. The number of benzene rings is 1. The number of rotatable bonds is 10. The Labute approximate surface area is 180 Å². The molecule has 154 valence electrons. The molecule has 0 radical (unpaired) electrons. The van der Waals surface area contributed by atoms with Crippen molar-refractivity contribution in [2.24, 2.45) is 10.9 Å². The van der Waals surface area contributed by atoms with E-state index >= 15 is 0 Å². The zero-order valence-corrected chi connectivity index (χ0v) is 18.8. The van der Waals surface area contributed by atoms with Gasteiger partial charge in [0.25, 0.3) is 0 Å². The largest absolute Gasteiger partial charge is 0.386 e. The fourth-order valence-electron chi connectivity index (χ4n) is 2.76. The maximum atomic E-state index is 10.3. The van der Waals surface area contributed by atoms with Crippen LogP contribution < -0.4 is 10.6 Å². The summed E-state index contributed by atoms with van der Waals surface area (Å²) in [6.07, 6.45) is 1.43. The molecule has 1 aromatic rings.